The van der Waals surface area contributed by atoms with Crippen molar-refractivity contribution in [3.63, 3.8) is 0 Å². The maximum atomic E-state index is 11.9. The monoisotopic (exact) mass is 326 g/mol. The number of benzene rings is 1. The number of alkyl halides is 1. The van der Waals surface area contributed by atoms with E-state index in [2.05, 4.69) is 0 Å². The summed E-state index contributed by atoms with van der Waals surface area (Å²) in [5.41, 5.74) is 0. The van der Waals surface area contributed by atoms with E-state index < -0.39 is 19.7 Å². The van der Waals surface area contributed by atoms with E-state index >= 15 is 0 Å². The predicted octanol–water partition coefficient (Wildman–Crippen LogP) is 1.12. The Balaban J connectivity index is 2.80. The van der Waals surface area contributed by atoms with Crippen molar-refractivity contribution in [2.24, 2.45) is 0 Å². The molecular weight excluding hydrogens is 312 g/mol. The van der Waals surface area contributed by atoms with Gasteiger partial charge in [-0.05, 0) is 24.3 Å². The molecular formula is C11H15ClO5S2. The maximum absolute atomic E-state index is 11.9. The first kappa shape index (κ1) is 16.4. The van der Waals surface area contributed by atoms with E-state index in [9.17, 15) is 16.8 Å². The summed E-state index contributed by atoms with van der Waals surface area (Å²) < 4.78 is 51.3. The van der Waals surface area contributed by atoms with Gasteiger partial charge in [0.1, 0.15) is 0 Å². The van der Waals surface area contributed by atoms with E-state index in [-0.39, 0.29) is 22.2 Å². The van der Waals surface area contributed by atoms with Gasteiger partial charge >= 0.3 is 0 Å². The van der Waals surface area contributed by atoms with Gasteiger partial charge in [-0.25, -0.2) is 16.8 Å². The largest absolute Gasteiger partial charge is 0.379 e. The van der Waals surface area contributed by atoms with Crippen LogP contribution in [-0.4, -0.2) is 47.9 Å². The Bertz CT molecular complexity index is 605. The van der Waals surface area contributed by atoms with E-state index in [1.165, 1.54) is 24.3 Å². The molecule has 19 heavy (non-hydrogen) atoms. The summed E-state index contributed by atoms with van der Waals surface area (Å²) in [4.78, 5) is 0.166. The zero-order valence-electron chi connectivity index (χ0n) is 10.4. The second-order valence-electron chi connectivity index (χ2n) is 3.86. The van der Waals surface area contributed by atoms with Crippen molar-refractivity contribution in [3.8, 4) is 0 Å². The van der Waals surface area contributed by atoms with Crippen molar-refractivity contribution in [2.45, 2.75) is 9.79 Å². The molecule has 0 spiro atoms. The van der Waals surface area contributed by atoms with Crippen LogP contribution in [-0.2, 0) is 24.4 Å². The Hall–Kier alpha value is -0.630. The van der Waals surface area contributed by atoms with E-state index in [4.69, 9.17) is 16.3 Å². The van der Waals surface area contributed by atoms with Crippen LogP contribution in [0.25, 0.3) is 0 Å². The summed E-state index contributed by atoms with van der Waals surface area (Å²) in [6, 6.07) is 5.13. The molecule has 0 fully saturated rings. The lowest BCUT2D eigenvalue weighted by Crippen LogP contribution is -2.13. The molecule has 0 N–H and O–H groups in total. The molecule has 0 unspecified atom stereocenters. The van der Waals surface area contributed by atoms with Crippen LogP contribution in [0.2, 0.25) is 0 Å². The fourth-order valence-corrected chi connectivity index (χ4v) is 3.20. The second-order valence-corrected chi connectivity index (χ2v) is 8.37. The molecule has 0 saturated carbocycles. The molecule has 0 bridgehead atoms. The van der Waals surface area contributed by atoms with Gasteiger partial charge in [-0.2, -0.15) is 0 Å². The summed E-state index contributed by atoms with van der Waals surface area (Å²) in [5, 5.41) is 0. The van der Waals surface area contributed by atoms with Crippen molar-refractivity contribution >= 4 is 31.3 Å². The number of rotatable bonds is 7. The summed E-state index contributed by atoms with van der Waals surface area (Å²) in [6.07, 6.45) is 1.07. The topological polar surface area (TPSA) is 77.5 Å². The molecule has 0 aromatic heterocycles. The molecule has 5 nitrogen and oxygen atoms in total. The molecule has 0 radical (unpaired) electrons. The molecule has 0 saturated heterocycles. The number of hydrogen-bond donors (Lipinski definition) is 0. The standard InChI is InChI=1S/C11H15ClO5S2/c1-18(13,14)10-2-4-11(5-3-10)19(15,16)9-8-17-7-6-12/h2-5H,6-9H2,1H3. The second kappa shape index (κ2) is 6.69. The molecule has 108 valence electrons. The van der Waals surface area contributed by atoms with Crippen LogP contribution in [0.1, 0.15) is 0 Å². The minimum atomic E-state index is -3.47. The smallest absolute Gasteiger partial charge is 0.180 e. The van der Waals surface area contributed by atoms with Crippen LogP contribution in [0.15, 0.2) is 34.1 Å². The van der Waals surface area contributed by atoms with Gasteiger partial charge in [-0.15, -0.1) is 11.6 Å². The van der Waals surface area contributed by atoms with Crippen LogP contribution in [0, 0.1) is 0 Å². The normalized spacial score (nSPS) is 12.5. The summed E-state index contributed by atoms with van der Waals surface area (Å²) in [6.45, 7) is 0.354. The first-order chi connectivity index (χ1) is 8.77. The quantitative estimate of drug-likeness (QED) is 0.554. The Kier molecular flexibility index (Phi) is 5.79. The summed E-state index contributed by atoms with van der Waals surface area (Å²) in [5.74, 6) is 0.144. The highest BCUT2D eigenvalue weighted by Crippen LogP contribution is 2.15. The van der Waals surface area contributed by atoms with Crippen LogP contribution in [0.3, 0.4) is 0 Å². The molecule has 0 aliphatic heterocycles. The third-order valence-corrected chi connectivity index (χ3v) is 5.31. The molecule has 1 aromatic carbocycles. The molecule has 8 heteroatoms. The molecule has 1 rings (SSSR count). The van der Waals surface area contributed by atoms with Crippen LogP contribution in [0.5, 0.6) is 0 Å². The number of ether oxygens (including phenoxy) is 1. The highest BCUT2D eigenvalue weighted by molar-refractivity contribution is 7.91. The van der Waals surface area contributed by atoms with Gasteiger partial charge in [0, 0.05) is 12.1 Å². The molecule has 0 atom stereocenters. The molecule has 0 aliphatic rings. The Labute approximate surface area is 118 Å². The molecule has 0 amide bonds. The average Bonchev–Trinajstić information content (AvgIpc) is 2.34. The molecule has 0 aliphatic carbocycles. The maximum Gasteiger partial charge on any atom is 0.180 e. The van der Waals surface area contributed by atoms with Gasteiger partial charge < -0.3 is 4.74 Å². The predicted molar refractivity (Wildman–Crippen MR) is 73.1 cm³/mol. The van der Waals surface area contributed by atoms with E-state index in [1.54, 1.807) is 0 Å². The minimum Gasteiger partial charge on any atom is -0.379 e. The van der Waals surface area contributed by atoms with Crippen LogP contribution >= 0.6 is 11.6 Å². The van der Waals surface area contributed by atoms with Gasteiger partial charge in [-0.1, -0.05) is 0 Å². The fraction of sp³-hybridized carbons (Fsp3) is 0.455. The van der Waals surface area contributed by atoms with Gasteiger partial charge in [0.25, 0.3) is 0 Å². The lowest BCUT2D eigenvalue weighted by atomic mass is 10.4. The highest BCUT2D eigenvalue weighted by atomic mass is 35.5. The fourth-order valence-electron chi connectivity index (χ4n) is 1.34. The van der Waals surface area contributed by atoms with Crippen molar-refractivity contribution < 1.29 is 21.6 Å². The number of sulfone groups is 2. The Morgan fingerprint density at radius 2 is 1.53 bits per heavy atom. The lowest BCUT2D eigenvalue weighted by Gasteiger charge is -2.06. The van der Waals surface area contributed by atoms with Gasteiger partial charge in [0.05, 0.1) is 28.8 Å². The van der Waals surface area contributed by atoms with Crippen molar-refractivity contribution in [2.75, 3.05) is 31.1 Å². The zero-order valence-corrected chi connectivity index (χ0v) is 12.8. The van der Waals surface area contributed by atoms with Gasteiger partial charge in [0.15, 0.2) is 19.7 Å². The third-order valence-electron chi connectivity index (χ3n) is 2.33. The summed E-state index contributed by atoms with van der Waals surface area (Å²) >= 11 is 5.40. The van der Waals surface area contributed by atoms with E-state index in [0.29, 0.717) is 12.5 Å². The van der Waals surface area contributed by atoms with Crippen molar-refractivity contribution in [1.29, 1.82) is 0 Å². The third kappa shape index (κ3) is 5.10. The Morgan fingerprint density at radius 3 is 2.00 bits per heavy atom. The van der Waals surface area contributed by atoms with Crippen LogP contribution < -0.4 is 0 Å². The van der Waals surface area contributed by atoms with Crippen LogP contribution in [0.4, 0.5) is 0 Å². The lowest BCUT2D eigenvalue weighted by molar-refractivity contribution is 0.165. The highest BCUT2D eigenvalue weighted by Gasteiger charge is 2.15. The van der Waals surface area contributed by atoms with Gasteiger partial charge in [0.2, 0.25) is 0 Å². The Morgan fingerprint density at radius 1 is 1.00 bits per heavy atom. The number of hydrogen-bond acceptors (Lipinski definition) is 5. The SMILES string of the molecule is CS(=O)(=O)c1ccc(S(=O)(=O)CCOCCCl)cc1. The first-order valence-corrected chi connectivity index (χ1v) is 9.52. The number of halogens is 1. The van der Waals surface area contributed by atoms with Crippen molar-refractivity contribution in [3.05, 3.63) is 24.3 Å². The van der Waals surface area contributed by atoms with E-state index in [1.807, 2.05) is 0 Å². The summed E-state index contributed by atoms with van der Waals surface area (Å²) in [7, 11) is -6.79. The van der Waals surface area contributed by atoms with E-state index in [0.717, 1.165) is 6.26 Å². The zero-order chi connectivity index (χ0) is 14.5. The molecule has 1 aromatic rings. The van der Waals surface area contributed by atoms with Gasteiger partial charge in [-0.3, -0.25) is 0 Å². The average molecular weight is 327 g/mol. The first-order valence-electron chi connectivity index (χ1n) is 5.44. The van der Waals surface area contributed by atoms with Crippen molar-refractivity contribution in [1.82, 2.24) is 0 Å². The minimum absolute atomic E-state index is 0.0584. The molecule has 0 heterocycles.